The van der Waals surface area contributed by atoms with Gasteiger partial charge in [-0.05, 0) is 56.3 Å². The number of halogens is 1. The first-order valence-corrected chi connectivity index (χ1v) is 6.73. The average molecular weight is 235 g/mol. The molecule has 0 spiro atoms. The lowest BCUT2D eigenvalue weighted by atomic mass is 9.99. The standard InChI is InChI=1S/C15H22FN/c1-12(14-6-2-3-7-14)17-10-9-13-5-4-8-15(16)11-13/h4-5,8,11-12,14,17H,2-3,6-7,9-10H2,1H3. The Hall–Kier alpha value is -0.890. The summed E-state index contributed by atoms with van der Waals surface area (Å²) < 4.78 is 13.0. The third kappa shape index (κ3) is 3.81. The molecule has 0 saturated heterocycles. The van der Waals surface area contributed by atoms with Crippen molar-refractivity contribution in [3.05, 3.63) is 35.6 Å². The zero-order chi connectivity index (χ0) is 12.1. The molecule has 1 nitrogen and oxygen atoms in total. The van der Waals surface area contributed by atoms with E-state index in [-0.39, 0.29) is 5.82 Å². The van der Waals surface area contributed by atoms with Crippen LogP contribution >= 0.6 is 0 Å². The monoisotopic (exact) mass is 235 g/mol. The van der Waals surface area contributed by atoms with Crippen LogP contribution in [-0.4, -0.2) is 12.6 Å². The van der Waals surface area contributed by atoms with Gasteiger partial charge in [-0.25, -0.2) is 4.39 Å². The van der Waals surface area contributed by atoms with E-state index in [0.717, 1.165) is 24.4 Å². The summed E-state index contributed by atoms with van der Waals surface area (Å²) in [6, 6.07) is 7.50. The molecule has 0 aliphatic heterocycles. The van der Waals surface area contributed by atoms with Crippen LogP contribution in [-0.2, 0) is 6.42 Å². The highest BCUT2D eigenvalue weighted by Gasteiger charge is 2.20. The van der Waals surface area contributed by atoms with Gasteiger partial charge >= 0.3 is 0 Å². The van der Waals surface area contributed by atoms with Gasteiger partial charge in [0.05, 0.1) is 0 Å². The van der Waals surface area contributed by atoms with Crippen molar-refractivity contribution in [2.45, 2.75) is 45.1 Å². The topological polar surface area (TPSA) is 12.0 Å². The lowest BCUT2D eigenvalue weighted by Gasteiger charge is -2.20. The van der Waals surface area contributed by atoms with Gasteiger partial charge in [-0.2, -0.15) is 0 Å². The van der Waals surface area contributed by atoms with E-state index in [2.05, 4.69) is 12.2 Å². The SMILES string of the molecule is CC(NCCc1cccc(F)c1)C1CCCC1. The first-order chi connectivity index (χ1) is 8.25. The minimum absolute atomic E-state index is 0.133. The van der Waals surface area contributed by atoms with Crippen molar-refractivity contribution >= 4 is 0 Å². The molecule has 0 bridgehead atoms. The van der Waals surface area contributed by atoms with Crippen molar-refractivity contribution in [1.82, 2.24) is 5.32 Å². The highest BCUT2D eigenvalue weighted by atomic mass is 19.1. The molecule has 2 heteroatoms. The van der Waals surface area contributed by atoms with Gasteiger partial charge in [0.1, 0.15) is 5.82 Å². The molecule has 0 amide bonds. The molecular weight excluding hydrogens is 213 g/mol. The zero-order valence-corrected chi connectivity index (χ0v) is 10.6. The van der Waals surface area contributed by atoms with E-state index < -0.39 is 0 Å². The summed E-state index contributed by atoms with van der Waals surface area (Å²) in [5, 5.41) is 3.57. The Kier molecular flexibility index (Phi) is 4.55. The van der Waals surface area contributed by atoms with Crippen molar-refractivity contribution in [2.24, 2.45) is 5.92 Å². The van der Waals surface area contributed by atoms with E-state index in [1.807, 2.05) is 6.07 Å². The Morgan fingerprint density at radius 3 is 2.82 bits per heavy atom. The number of hydrogen-bond donors (Lipinski definition) is 1. The summed E-state index contributed by atoms with van der Waals surface area (Å²) in [4.78, 5) is 0. The Bertz CT molecular complexity index is 345. The summed E-state index contributed by atoms with van der Waals surface area (Å²) in [5.74, 6) is 0.717. The first kappa shape index (κ1) is 12.6. The van der Waals surface area contributed by atoms with Crippen LogP contribution in [0.4, 0.5) is 4.39 Å². The molecule has 1 fully saturated rings. The van der Waals surface area contributed by atoms with Crippen LogP contribution < -0.4 is 5.32 Å². The second-order valence-electron chi connectivity index (χ2n) is 5.17. The maximum Gasteiger partial charge on any atom is 0.123 e. The maximum absolute atomic E-state index is 13.0. The number of hydrogen-bond acceptors (Lipinski definition) is 1. The Morgan fingerprint density at radius 2 is 2.12 bits per heavy atom. The largest absolute Gasteiger partial charge is 0.314 e. The van der Waals surface area contributed by atoms with Crippen LogP contribution in [0.2, 0.25) is 0 Å². The van der Waals surface area contributed by atoms with Gasteiger partial charge in [0.25, 0.3) is 0 Å². The lowest BCUT2D eigenvalue weighted by Crippen LogP contribution is -2.33. The fraction of sp³-hybridized carbons (Fsp3) is 0.600. The third-order valence-corrected chi connectivity index (χ3v) is 3.88. The molecule has 1 unspecified atom stereocenters. The quantitative estimate of drug-likeness (QED) is 0.823. The molecule has 1 aliphatic rings. The number of benzene rings is 1. The van der Waals surface area contributed by atoms with Gasteiger partial charge in [0.2, 0.25) is 0 Å². The third-order valence-electron chi connectivity index (χ3n) is 3.88. The van der Waals surface area contributed by atoms with Crippen molar-refractivity contribution in [2.75, 3.05) is 6.54 Å². The molecule has 94 valence electrons. The summed E-state index contributed by atoms with van der Waals surface area (Å²) in [5.41, 5.74) is 1.08. The van der Waals surface area contributed by atoms with E-state index in [4.69, 9.17) is 0 Å². The molecule has 0 radical (unpaired) electrons. The predicted molar refractivity (Wildman–Crippen MR) is 69.5 cm³/mol. The highest BCUT2D eigenvalue weighted by Crippen LogP contribution is 2.27. The van der Waals surface area contributed by atoms with Gasteiger partial charge in [0.15, 0.2) is 0 Å². The molecule has 0 heterocycles. The molecule has 2 rings (SSSR count). The zero-order valence-electron chi connectivity index (χ0n) is 10.6. The minimum Gasteiger partial charge on any atom is -0.314 e. The summed E-state index contributed by atoms with van der Waals surface area (Å²) in [7, 11) is 0. The normalized spacial score (nSPS) is 18.5. The number of nitrogens with one attached hydrogen (secondary N) is 1. The summed E-state index contributed by atoms with van der Waals surface area (Å²) in [6.07, 6.45) is 6.43. The second-order valence-corrected chi connectivity index (χ2v) is 5.17. The van der Waals surface area contributed by atoms with Gasteiger partial charge < -0.3 is 5.32 Å². The molecule has 0 aromatic heterocycles. The van der Waals surface area contributed by atoms with Crippen LogP contribution in [0.1, 0.15) is 38.2 Å². The fourth-order valence-corrected chi connectivity index (χ4v) is 2.76. The van der Waals surface area contributed by atoms with E-state index >= 15 is 0 Å². The lowest BCUT2D eigenvalue weighted by molar-refractivity contribution is 0.384. The molecular formula is C15H22FN. The smallest absolute Gasteiger partial charge is 0.123 e. The van der Waals surface area contributed by atoms with Gasteiger partial charge in [-0.15, -0.1) is 0 Å². The molecule has 17 heavy (non-hydrogen) atoms. The Morgan fingerprint density at radius 1 is 1.35 bits per heavy atom. The first-order valence-electron chi connectivity index (χ1n) is 6.73. The van der Waals surface area contributed by atoms with E-state index in [0.29, 0.717) is 6.04 Å². The molecule has 1 aromatic carbocycles. The van der Waals surface area contributed by atoms with Gasteiger partial charge in [-0.3, -0.25) is 0 Å². The average Bonchev–Trinajstić information content (AvgIpc) is 2.82. The minimum atomic E-state index is -0.133. The van der Waals surface area contributed by atoms with Crippen LogP contribution in [0.25, 0.3) is 0 Å². The van der Waals surface area contributed by atoms with Gasteiger partial charge in [0, 0.05) is 6.04 Å². The van der Waals surface area contributed by atoms with Crippen molar-refractivity contribution < 1.29 is 4.39 Å². The van der Waals surface area contributed by atoms with Crippen LogP contribution in [0.3, 0.4) is 0 Å². The molecule has 1 aromatic rings. The fourth-order valence-electron chi connectivity index (χ4n) is 2.76. The number of rotatable bonds is 5. The summed E-state index contributed by atoms with van der Waals surface area (Å²) >= 11 is 0. The van der Waals surface area contributed by atoms with Crippen molar-refractivity contribution in [3.8, 4) is 0 Å². The van der Waals surface area contributed by atoms with E-state index in [9.17, 15) is 4.39 Å². The molecule has 1 aliphatic carbocycles. The van der Waals surface area contributed by atoms with E-state index in [1.54, 1.807) is 12.1 Å². The van der Waals surface area contributed by atoms with Gasteiger partial charge in [-0.1, -0.05) is 25.0 Å². The van der Waals surface area contributed by atoms with Crippen LogP contribution in [0.5, 0.6) is 0 Å². The van der Waals surface area contributed by atoms with Crippen LogP contribution in [0.15, 0.2) is 24.3 Å². The molecule has 1 atom stereocenters. The Labute approximate surface area is 103 Å². The maximum atomic E-state index is 13.0. The van der Waals surface area contributed by atoms with Crippen molar-refractivity contribution in [1.29, 1.82) is 0 Å². The highest BCUT2D eigenvalue weighted by molar-refractivity contribution is 5.16. The van der Waals surface area contributed by atoms with E-state index in [1.165, 1.54) is 31.7 Å². The molecule has 1 N–H and O–H groups in total. The van der Waals surface area contributed by atoms with Crippen molar-refractivity contribution in [3.63, 3.8) is 0 Å². The second kappa shape index (κ2) is 6.15. The predicted octanol–water partition coefficient (Wildman–Crippen LogP) is 3.54. The summed E-state index contributed by atoms with van der Waals surface area (Å²) in [6.45, 7) is 3.22. The van der Waals surface area contributed by atoms with Crippen LogP contribution in [0, 0.1) is 11.7 Å². The Balaban J connectivity index is 1.71. The molecule has 1 saturated carbocycles.